The van der Waals surface area contributed by atoms with Crippen molar-refractivity contribution in [3.05, 3.63) is 134 Å². The van der Waals surface area contributed by atoms with Crippen molar-refractivity contribution < 1.29 is 85.4 Å². The van der Waals surface area contributed by atoms with E-state index in [0.29, 0.717) is 130 Å². The van der Waals surface area contributed by atoms with Gasteiger partial charge in [0, 0.05) is 79.8 Å². The van der Waals surface area contributed by atoms with E-state index in [-0.39, 0.29) is 6.42 Å². The monoisotopic (exact) mass is 1070 g/mol. The summed E-state index contributed by atoms with van der Waals surface area (Å²) < 4.78 is 102. The molecule has 0 radical (unpaired) electrons. The molecule has 0 saturated carbocycles. The second-order valence-corrected chi connectivity index (χ2v) is 18.5. The highest BCUT2D eigenvalue weighted by atomic mass is 16.6. The molecule has 18 heteroatoms. The fourth-order valence-corrected chi connectivity index (χ4v) is 11.5. The Hall–Kier alpha value is -8.06. The highest BCUT2D eigenvalue weighted by Crippen LogP contribution is 2.64. The van der Waals surface area contributed by atoms with E-state index >= 15 is 0 Å². The molecule has 0 spiro atoms. The molecule has 0 amide bonds. The summed E-state index contributed by atoms with van der Waals surface area (Å²) in [6.45, 7) is 0. The predicted octanol–water partition coefficient (Wildman–Crippen LogP) is 9.65. The maximum atomic E-state index is 12.7. The van der Waals surface area contributed by atoms with Crippen LogP contribution in [0.15, 0.2) is 78.9 Å². The number of hydrogen-bond acceptors (Lipinski definition) is 18. The summed E-state index contributed by atoms with van der Waals surface area (Å²) in [5.41, 5.74) is 5.32. The molecule has 6 aromatic carbocycles. The molecule has 0 bridgehead atoms. The predicted molar refractivity (Wildman–Crippen MR) is 285 cm³/mol. The molecule has 412 valence electrons. The number of benzene rings is 6. The highest BCUT2D eigenvalue weighted by molar-refractivity contribution is 5.81. The Labute approximate surface area is 453 Å². The van der Waals surface area contributed by atoms with Crippen LogP contribution in [-0.4, -0.2) is 123 Å². The van der Waals surface area contributed by atoms with Crippen LogP contribution in [0.25, 0.3) is 0 Å². The van der Waals surface area contributed by atoms with Crippen molar-refractivity contribution in [3.8, 4) is 74.7 Å². The highest BCUT2D eigenvalue weighted by Gasteiger charge is 2.52. The van der Waals surface area contributed by atoms with Crippen LogP contribution in [0, 0.1) is 0 Å². The largest absolute Gasteiger partial charge is 0.496 e. The van der Waals surface area contributed by atoms with Crippen molar-refractivity contribution in [2.24, 2.45) is 0 Å². The van der Waals surface area contributed by atoms with Gasteiger partial charge < -0.3 is 75.8 Å². The Morgan fingerprint density at radius 3 is 1.27 bits per heavy atom. The molecular formula is C60H64O18. The maximum absolute atomic E-state index is 12.7. The molecule has 3 aliphatic heterocycles. The van der Waals surface area contributed by atoms with E-state index in [1.807, 2.05) is 30.3 Å². The number of hydrogen-bond donors (Lipinski definition) is 0. The quantitative estimate of drug-likeness (QED) is 0.0658. The van der Waals surface area contributed by atoms with E-state index in [9.17, 15) is 9.59 Å². The fourth-order valence-electron chi connectivity index (χ4n) is 11.5. The minimum absolute atomic E-state index is 0.205. The summed E-state index contributed by atoms with van der Waals surface area (Å²) >= 11 is 0. The molecular weight excluding hydrogens is 1010 g/mol. The van der Waals surface area contributed by atoms with Gasteiger partial charge in [0.15, 0.2) is 42.4 Å². The Morgan fingerprint density at radius 2 is 0.846 bits per heavy atom. The average molecular weight is 1070 g/mol. The number of methoxy groups -OCH3 is 13. The molecule has 8 atom stereocenters. The number of carbonyl (C=O) groups excluding carboxylic acids is 2. The standard InChI is InChI=1S/C60H64O18/c1-63-35-23-42(69-7)47-44(25-35)77-55(32-16-19-40(67-5)41(22-32)68-6)59(74-12)49(47)51-56(72-10)37-27-46(71-9)53(30-14-17-38(65-3)33(20-30)28-61)78-57(37)52(58(51)73-11)50-48-43(70-8)24-36(64-2)26-45(48)76-54(60(50)75-13)31-15-18-39(66-4)34(21-31)29-62/h14-26,28-29,46,49-50,53-55,59-60H,27H2,1-13H3. The molecule has 9 rings (SSSR count). The SMILES string of the molecule is COc1cc(OC)c2c(c1)OC(c1ccc(OC)c(OC)c1)C(OC)C2c1c(OC)c2c(c(C3c4c(OC)cc(OC)cc4OC(c4ccc(OC)c(C=O)c4)C3OC)c1OC)OC(c1ccc(OC)c(C=O)c1)C(OC)C2. The van der Waals surface area contributed by atoms with Gasteiger partial charge in [-0.05, 0) is 53.1 Å². The summed E-state index contributed by atoms with van der Waals surface area (Å²) in [4.78, 5) is 25.3. The number of carbonyl (C=O) groups is 2. The van der Waals surface area contributed by atoms with E-state index in [0.717, 1.165) is 12.6 Å². The van der Waals surface area contributed by atoms with Gasteiger partial charge in [-0.15, -0.1) is 0 Å². The van der Waals surface area contributed by atoms with E-state index < -0.39 is 48.5 Å². The van der Waals surface area contributed by atoms with Crippen molar-refractivity contribution in [3.63, 3.8) is 0 Å². The number of rotatable bonds is 20. The zero-order valence-electron chi connectivity index (χ0n) is 45.8. The van der Waals surface area contributed by atoms with Crippen molar-refractivity contribution in [2.75, 3.05) is 92.4 Å². The van der Waals surface area contributed by atoms with Crippen molar-refractivity contribution >= 4 is 12.6 Å². The topological polar surface area (TPSA) is 182 Å². The second kappa shape index (κ2) is 23.3. The Bertz CT molecular complexity index is 3190. The molecule has 0 aromatic heterocycles. The van der Waals surface area contributed by atoms with Crippen molar-refractivity contribution in [1.29, 1.82) is 0 Å². The first-order chi connectivity index (χ1) is 38.0. The number of aldehydes is 2. The van der Waals surface area contributed by atoms with Gasteiger partial charge in [0.2, 0.25) is 0 Å². The first kappa shape index (κ1) is 54.7. The van der Waals surface area contributed by atoms with Gasteiger partial charge in [-0.3, -0.25) is 9.59 Å². The minimum atomic E-state index is -0.935. The van der Waals surface area contributed by atoms with Crippen molar-refractivity contribution in [1.82, 2.24) is 0 Å². The third-order valence-corrected chi connectivity index (χ3v) is 15.0. The Morgan fingerprint density at radius 1 is 0.397 bits per heavy atom. The van der Waals surface area contributed by atoms with Gasteiger partial charge in [0.05, 0.1) is 94.1 Å². The van der Waals surface area contributed by atoms with Crippen LogP contribution in [-0.2, 0) is 20.6 Å². The lowest BCUT2D eigenvalue weighted by Crippen LogP contribution is -2.40. The van der Waals surface area contributed by atoms with Crippen LogP contribution in [0.4, 0.5) is 0 Å². The Kier molecular flexibility index (Phi) is 16.3. The first-order valence-electron chi connectivity index (χ1n) is 24.9. The summed E-state index contributed by atoms with van der Waals surface area (Å²) in [6, 6.07) is 23.3. The van der Waals surface area contributed by atoms with Crippen LogP contribution < -0.4 is 61.6 Å². The zero-order chi connectivity index (χ0) is 55.5. The second-order valence-electron chi connectivity index (χ2n) is 18.5. The molecule has 0 saturated heterocycles. The zero-order valence-corrected chi connectivity index (χ0v) is 45.8. The smallest absolute Gasteiger partial charge is 0.161 e. The summed E-state index contributed by atoms with van der Waals surface area (Å²) in [7, 11) is 20.4. The third kappa shape index (κ3) is 9.30. The molecule has 6 aromatic rings. The molecule has 3 aliphatic rings. The van der Waals surface area contributed by atoms with Gasteiger partial charge in [-0.2, -0.15) is 0 Å². The lowest BCUT2D eigenvalue weighted by molar-refractivity contribution is -0.0298. The lowest BCUT2D eigenvalue weighted by Gasteiger charge is -2.45. The summed E-state index contributed by atoms with van der Waals surface area (Å²) in [6.07, 6.45) is -3.37. The molecule has 3 heterocycles. The number of fused-ring (bicyclic) bond motifs is 3. The summed E-state index contributed by atoms with van der Waals surface area (Å²) in [5, 5.41) is 0. The molecule has 0 fully saturated rings. The van der Waals surface area contributed by atoms with E-state index in [4.69, 9.17) is 75.8 Å². The number of ether oxygens (including phenoxy) is 16. The molecule has 8 unspecified atom stereocenters. The van der Waals surface area contributed by atoms with Crippen LogP contribution >= 0.6 is 0 Å². The third-order valence-electron chi connectivity index (χ3n) is 15.0. The van der Waals surface area contributed by atoms with Crippen molar-refractivity contribution in [2.45, 2.75) is 54.9 Å². The fraction of sp³-hybridized carbons (Fsp3) is 0.367. The normalized spacial score (nSPS) is 20.9. The minimum Gasteiger partial charge on any atom is -0.496 e. The van der Waals surface area contributed by atoms with Gasteiger partial charge in [-0.25, -0.2) is 0 Å². The first-order valence-corrected chi connectivity index (χ1v) is 24.9. The maximum Gasteiger partial charge on any atom is 0.161 e. The van der Waals surface area contributed by atoms with Crippen LogP contribution in [0.5, 0.6) is 74.7 Å². The average Bonchev–Trinajstić information content (AvgIpc) is 3.69. The molecule has 0 N–H and O–H groups in total. The van der Waals surface area contributed by atoms with Gasteiger partial charge in [-0.1, -0.05) is 18.2 Å². The van der Waals surface area contributed by atoms with E-state index in [1.54, 1.807) is 127 Å². The molecule has 78 heavy (non-hydrogen) atoms. The van der Waals surface area contributed by atoms with Gasteiger partial charge in [0.1, 0.15) is 81.6 Å². The van der Waals surface area contributed by atoms with Gasteiger partial charge >= 0.3 is 0 Å². The van der Waals surface area contributed by atoms with Crippen LogP contribution in [0.2, 0.25) is 0 Å². The lowest BCUT2D eigenvalue weighted by atomic mass is 9.72. The van der Waals surface area contributed by atoms with E-state index in [1.165, 1.54) is 14.2 Å². The molecule has 0 aliphatic carbocycles. The van der Waals surface area contributed by atoms with Crippen LogP contribution in [0.3, 0.4) is 0 Å². The van der Waals surface area contributed by atoms with Gasteiger partial charge in [0.25, 0.3) is 0 Å². The summed E-state index contributed by atoms with van der Waals surface area (Å²) in [5.74, 6) is 3.64. The van der Waals surface area contributed by atoms with E-state index in [2.05, 4.69) is 0 Å². The van der Waals surface area contributed by atoms with Crippen LogP contribution in [0.1, 0.15) is 95.4 Å². The Balaban J connectivity index is 1.44. The molecule has 18 nitrogen and oxygen atoms in total.